The summed E-state index contributed by atoms with van der Waals surface area (Å²) < 4.78 is 0. The van der Waals surface area contributed by atoms with Gasteiger partial charge in [0.15, 0.2) is 0 Å². The summed E-state index contributed by atoms with van der Waals surface area (Å²) in [5, 5.41) is 0. The first-order valence-corrected chi connectivity index (χ1v) is 8.85. The van der Waals surface area contributed by atoms with Gasteiger partial charge in [0.2, 0.25) is 0 Å². The molecular formula is C18H37N3. The third-order valence-corrected chi connectivity index (χ3v) is 6.52. The molecule has 0 radical (unpaired) electrons. The number of piperazine rings is 1. The van der Waals surface area contributed by atoms with Crippen LogP contribution in [0.1, 0.15) is 54.4 Å². The van der Waals surface area contributed by atoms with Gasteiger partial charge in [0, 0.05) is 44.3 Å². The molecule has 2 rings (SSSR count). The maximum absolute atomic E-state index is 6.30. The van der Waals surface area contributed by atoms with Crippen LogP contribution in [0.2, 0.25) is 0 Å². The van der Waals surface area contributed by atoms with Crippen molar-refractivity contribution in [2.24, 2.45) is 23.0 Å². The van der Waals surface area contributed by atoms with E-state index < -0.39 is 0 Å². The lowest BCUT2D eigenvalue weighted by Gasteiger charge is -2.50. The van der Waals surface area contributed by atoms with Crippen LogP contribution in [0.4, 0.5) is 0 Å². The molecule has 1 aliphatic carbocycles. The van der Waals surface area contributed by atoms with Gasteiger partial charge in [0.1, 0.15) is 0 Å². The van der Waals surface area contributed by atoms with Crippen LogP contribution in [0.25, 0.3) is 0 Å². The summed E-state index contributed by atoms with van der Waals surface area (Å²) in [6.07, 6.45) is 2.51. The summed E-state index contributed by atoms with van der Waals surface area (Å²) in [5.41, 5.74) is 6.99. The highest BCUT2D eigenvalue weighted by molar-refractivity contribution is 4.95. The molecule has 3 unspecified atom stereocenters. The molecule has 2 N–H and O–H groups in total. The van der Waals surface area contributed by atoms with Crippen LogP contribution in [0, 0.1) is 17.3 Å². The molecule has 21 heavy (non-hydrogen) atoms. The van der Waals surface area contributed by atoms with Crippen LogP contribution >= 0.6 is 0 Å². The van der Waals surface area contributed by atoms with Crippen molar-refractivity contribution in [1.29, 1.82) is 0 Å². The Hall–Kier alpha value is -0.120. The van der Waals surface area contributed by atoms with E-state index in [0.717, 1.165) is 5.92 Å². The second-order valence-corrected chi connectivity index (χ2v) is 9.01. The highest BCUT2D eigenvalue weighted by Gasteiger charge is 2.42. The minimum Gasteiger partial charge on any atom is -0.327 e. The maximum Gasteiger partial charge on any atom is 0.0126 e. The van der Waals surface area contributed by atoms with Crippen molar-refractivity contribution in [2.45, 2.75) is 66.0 Å². The Morgan fingerprint density at radius 1 is 1.05 bits per heavy atom. The van der Waals surface area contributed by atoms with Gasteiger partial charge in [0.05, 0.1) is 0 Å². The van der Waals surface area contributed by atoms with Gasteiger partial charge < -0.3 is 10.6 Å². The zero-order valence-corrected chi connectivity index (χ0v) is 15.2. The van der Waals surface area contributed by atoms with E-state index in [1.54, 1.807) is 0 Å². The topological polar surface area (TPSA) is 32.5 Å². The predicted octanol–water partition coefficient (Wildman–Crippen LogP) is 2.80. The molecule has 0 aromatic rings. The molecule has 3 atom stereocenters. The van der Waals surface area contributed by atoms with Crippen LogP contribution in [-0.4, -0.2) is 54.1 Å². The standard InChI is InChI=1S/C18H37N3/c1-14-16(19)8-7-15(18(14,5)6)13-20-9-11-21(12-10-20)17(2,3)4/h14-16H,7-13,19H2,1-6H3. The summed E-state index contributed by atoms with van der Waals surface area (Å²) in [4.78, 5) is 5.31. The molecule has 0 aromatic carbocycles. The Labute approximate surface area is 132 Å². The van der Waals surface area contributed by atoms with E-state index in [0.29, 0.717) is 22.9 Å². The first-order chi connectivity index (χ1) is 9.62. The van der Waals surface area contributed by atoms with Crippen LogP contribution in [-0.2, 0) is 0 Å². The molecule has 0 aromatic heterocycles. The lowest BCUT2D eigenvalue weighted by atomic mass is 9.61. The highest BCUT2D eigenvalue weighted by Crippen LogP contribution is 2.44. The van der Waals surface area contributed by atoms with E-state index in [1.807, 2.05) is 0 Å². The van der Waals surface area contributed by atoms with Gasteiger partial charge >= 0.3 is 0 Å². The molecule has 124 valence electrons. The van der Waals surface area contributed by atoms with Gasteiger partial charge in [-0.05, 0) is 50.9 Å². The molecule has 1 saturated carbocycles. The van der Waals surface area contributed by atoms with Crippen molar-refractivity contribution in [3.05, 3.63) is 0 Å². The lowest BCUT2D eigenvalue weighted by Crippen LogP contribution is -2.56. The SMILES string of the molecule is CC1C(N)CCC(CN2CCN(C(C)(C)C)CC2)C1(C)C. The molecule has 0 spiro atoms. The number of hydrogen-bond donors (Lipinski definition) is 1. The molecule has 3 heteroatoms. The summed E-state index contributed by atoms with van der Waals surface area (Å²) >= 11 is 0. The van der Waals surface area contributed by atoms with Gasteiger partial charge in [-0.1, -0.05) is 20.8 Å². The quantitative estimate of drug-likeness (QED) is 0.850. The van der Waals surface area contributed by atoms with Gasteiger partial charge in [-0.15, -0.1) is 0 Å². The fraction of sp³-hybridized carbons (Fsp3) is 1.00. The Kier molecular flexibility index (Phi) is 5.07. The Morgan fingerprint density at radius 2 is 1.62 bits per heavy atom. The molecule has 1 heterocycles. The Bertz CT molecular complexity index is 337. The average Bonchev–Trinajstić information content (AvgIpc) is 2.40. The molecule has 2 aliphatic rings. The number of nitrogens with zero attached hydrogens (tertiary/aromatic N) is 2. The third-order valence-electron chi connectivity index (χ3n) is 6.52. The van der Waals surface area contributed by atoms with Crippen molar-refractivity contribution in [1.82, 2.24) is 9.80 Å². The minimum absolute atomic E-state index is 0.317. The van der Waals surface area contributed by atoms with E-state index in [4.69, 9.17) is 5.73 Å². The molecule has 3 nitrogen and oxygen atoms in total. The lowest BCUT2D eigenvalue weighted by molar-refractivity contribution is 0.00381. The van der Waals surface area contributed by atoms with E-state index in [1.165, 1.54) is 45.6 Å². The fourth-order valence-electron chi connectivity index (χ4n) is 4.18. The minimum atomic E-state index is 0.317. The molecule has 2 fully saturated rings. The first-order valence-electron chi connectivity index (χ1n) is 8.85. The normalized spacial score (nSPS) is 35.9. The van der Waals surface area contributed by atoms with Gasteiger partial charge in [-0.3, -0.25) is 4.90 Å². The summed E-state index contributed by atoms with van der Waals surface area (Å²) in [7, 11) is 0. The summed E-state index contributed by atoms with van der Waals surface area (Å²) in [6, 6.07) is 0.397. The molecule has 0 bridgehead atoms. The Morgan fingerprint density at radius 3 is 2.14 bits per heavy atom. The zero-order valence-electron chi connectivity index (χ0n) is 15.2. The maximum atomic E-state index is 6.30. The van der Waals surface area contributed by atoms with Gasteiger partial charge in [-0.2, -0.15) is 0 Å². The van der Waals surface area contributed by atoms with Gasteiger partial charge in [-0.25, -0.2) is 0 Å². The predicted molar refractivity (Wildman–Crippen MR) is 91.4 cm³/mol. The van der Waals surface area contributed by atoms with Crippen molar-refractivity contribution in [3.63, 3.8) is 0 Å². The molecule has 0 amide bonds. The first kappa shape index (κ1) is 17.2. The van der Waals surface area contributed by atoms with Crippen molar-refractivity contribution < 1.29 is 0 Å². The van der Waals surface area contributed by atoms with E-state index in [-0.39, 0.29) is 0 Å². The third kappa shape index (κ3) is 3.80. The monoisotopic (exact) mass is 295 g/mol. The number of nitrogens with two attached hydrogens (primary N) is 1. The Balaban J connectivity index is 1.89. The van der Waals surface area contributed by atoms with E-state index in [2.05, 4.69) is 51.3 Å². The van der Waals surface area contributed by atoms with Crippen LogP contribution in [0.15, 0.2) is 0 Å². The van der Waals surface area contributed by atoms with E-state index >= 15 is 0 Å². The number of hydrogen-bond acceptors (Lipinski definition) is 3. The van der Waals surface area contributed by atoms with Gasteiger partial charge in [0.25, 0.3) is 0 Å². The smallest absolute Gasteiger partial charge is 0.0126 e. The average molecular weight is 296 g/mol. The summed E-state index contributed by atoms with van der Waals surface area (Å²) in [6.45, 7) is 20.4. The molecule has 1 aliphatic heterocycles. The fourth-order valence-corrected chi connectivity index (χ4v) is 4.18. The number of rotatable bonds is 2. The largest absolute Gasteiger partial charge is 0.327 e. The van der Waals surface area contributed by atoms with Crippen molar-refractivity contribution in [2.75, 3.05) is 32.7 Å². The molecule has 1 saturated heterocycles. The van der Waals surface area contributed by atoms with Crippen LogP contribution in [0.5, 0.6) is 0 Å². The van der Waals surface area contributed by atoms with Crippen molar-refractivity contribution in [3.8, 4) is 0 Å². The van der Waals surface area contributed by atoms with Crippen molar-refractivity contribution >= 4 is 0 Å². The summed E-state index contributed by atoms with van der Waals surface area (Å²) in [5.74, 6) is 1.43. The highest BCUT2D eigenvalue weighted by atomic mass is 15.3. The van der Waals surface area contributed by atoms with Crippen LogP contribution < -0.4 is 5.73 Å². The molecular weight excluding hydrogens is 258 g/mol. The second kappa shape index (κ2) is 6.17. The van der Waals surface area contributed by atoms with Crippen LogP contribution in [0.3, 0.4) is 0 Å². The zero-order chi connectivity index (χ0) is 15.8. The second-order valence-electron chi connectivity index (χ2n) is 9.01. The van der Waals surface area contributed by atoms with E-state index in [9.17, 15) is 0 Å².